The van der Waals surface area contributed by atoms with E-state index in [2.05, 4.69) is 17.4 Å². The second kappa shape index (κ2) is 7.05. The molecular weight excluding hydrogens is 274 g/mol. The van der Waals surface area contributed by atoms with E-state index >= 15 is 0 Å². The highest BCUT2D eigenvalue weighted by Crippen LogP contribution is 2.26. The zero-order valence-corrected chi connectivity index (χ0v) is 12.4. The third-order valence-corrected chi connectivity index (χ3v) is 3.78. The Morgan fingerprint density at radius 1 is 1.14 bits per heavy atom. The van der Waals surface area contributed by atoms with E-state index in [-0.39, 0.29) is 12.0 Å². The number of benzene rings is 2. The Hall–Kier alpha value is -2.39. The molecule has 0 saturated carbocycles. The maximum atomic E-state index is 11.9. The number of amides is 1. The van der Waals surface area contributed by atoms with Crippen molar-refractivity contribution >= 4 is 12.0 Å². The van der Waals surface area contributed by atoms with E-state index in [4.69, 9.17) is 4.74 Å². The summed E-state index contributed by atoms with van der Waals surface area (Å²) in [7, 11) is 0. The molecule has 0 bridgehead atoms. The lowest BCUT2D eigenvalue weighted by molar-refractivity contribution is -0.117. The van der Waals surface area contributed by atoms with Crippen LogP contribution in [0.5, 0.6) is 0 Å². The smallest absolute Gasteiger partial charge is 0.244 e. The van der Waals surface area contributed by atoms with Gasteiger partial charge in [0.25, 0.3) is 0 Å². The monoisotopic (exact) mass is 293 g/mol. The highest BCUT2D eigenvalue weighted by Gasteiger charge is 2.20. The normalized spacial score (nSPS) is 17.2. The van der Waals surface area contributed by atoms with Gasteiger partial charge < -0.3 is 10.1 Å². The average Bonchev–Trinajstić information content (AvgIpc) is 2.59. The number of carbonyl (C=O) groups is 1. The van der Waals surface area contributed by atoms with Crippen LogP contribution in [0.1, 0.15) is 22.8 Å². The van der Waals surface area contributed by atoms with Gasteiger partial charge >= 0.3 is 0 Å². The number of hydrogen-bond acceptors (Lipinski definition) is 2. The maximum Gasteiger partial charge on any atom is 0.244 e. The summed E-state index contributed by atoms with van der Waals surface area (Å²) in [5.74, 6) is -0.101. The Balaban J connectivity index is 1.57. The van der Waals surface area contributed by atoms with Crippen LogP contribution >= 0.6 is 0 Å². The van der Waals surface area contributed by atoms with Gasteiger partial charge in [-0.15, -0.1) is 0 Å². The van der Waals surface area contributed by atoms with E-state index in [0.717, 1.165) is 12.0 Å². The van der Waals surface area contributed by atoms with Crippen molar-refractivity contribution in [3.63, 3.8) is 0 Å². The van der Waals surface area contributed by atoms with Gasteiger partial charge in [0.2, 0.25) is 5.91 Å². The molecule has 3 nitrogen and oxygen atoms in total. The van der Waals surface area contributed by atoms with Crippen molar-refractivity contribution in [3.05, 3.63) is 77.4 Å². The molecular formula is C19H19NO2. The first-order valence-corrected chi connectivity index (χ1v) is 7.53. The Kier molecular flexibility index (Phi) is 4.66. The van der Waals surface area contributed by atoms with Crippen LogP contribution in [-0.2, 0) is 16.0 Å². The number of rotatable bonds is 4. The summed E-state index contributed by atoms with van der Waals surface area (Å²) in [6, 6.07) is 18.0. The molecule has 1 aliphatic heterocycles. The van der Waals surface area contributed by atoms with Gasteiger partial charge in [0.05, 0.1) is 6.61 Å². The Morgan fingerprint density at radius 2 is 1.91 bits per heavy atom. The number of nitrogens with one attached hydrogen (secondary N) is 1. The fraction of sp³-hybridized carbons (Fsp3) is 0.211. The van der Waals surface area contributed by atoms with Crippen LogP contribution in [-0.4, -0.2) is 19.1 Å². The van der Waals surface area contributed by atoms with E-state index in [0.29, 0.717) is 13.2 Å². The Labute approximate surface area is 130 Å². The molecule has 1 heterocycles. The summed E-state index contributed by atoms with van der Waals surface area (Å²) in [4.78, 5) is 11.9. The van der Waals surface area contributed by atoms with Crippen molar-refractivity contribution in [2.24, 2.45) is 0 Å². The topological polar surface area (TPSA) is 38.3 Å². The summed E-state index contributed by atoms with van der Waals surface area (Å²) in [5.41, 5.74) is 3.51. The van der Waals surface area contributed by atoms with Crippen LogP contribution < -0.4 is 5.32 Å². The summed E-state index contributed by atoms with van der Waals surface area (Å²) in [6.45, 7) is 1.20. The minimum atomic E-state index is -0.101. The van der Waals surface area contributed by atoms with E-state index < -0.39 is 0 Å². The molecule has 3 heteroatoms. The van der Waals surface area contributed by atoms with Crippen molar-refractivity contribution in [3.8, 4) is 0 Å². The lowest BCUT2D eigenvalue weighted by Crippen LogP contribution is -2.30. The molecule has 1 amide bonds. The third-order valence-electron chi connectivity index (χ3n) is 3.78. The number of carbonyl (C=O) groups excluding carboxylic acids is 1. The quantitative estimate of drug-likeness (QED) is 0.880. The van der Waals surface area contributed by atoms with Gasteiger partial charge in [0.1, 0.15) is 6.10 Å². The van der Waals surface area contributed by atoms with E-state index in [1.54, 1.807) is 6.08 Å². The second-order valence-corrected chi connectivity index (χ2v) is 5.30. The fourth-order valence-corrected chi connectivity index (χ4v) is 2.63. The molecule has 0 radical (unpaired) electrons. The van der Waals surface area contributed by atoms with Gasteiger partial charge in [-0.1, -0.05) is 54.6 Å². The van der Waals surface area contributed by atoms with Crippen LogP contribution in [0, 0.1) is 0 Å². The molecule has 0 spiro atoms. The van der Waals surface area contributed by atoms with Crippen molar-refractivity contribution in [2.75, 3.05) is 13.2 Å². The van der Waals surface area contributed by atoms with Gasteiger partial charge in [-0.2, -0.15) is 0 Å². The van der Waals surface area contributed by atoms with Gasteiger partial charge in [-0.3, -0.25) is 4.79 Å². The molecule has 0 unspecified atom stereocenters. The number of ether oxygens (including phenoxy) is 1. The molecule has 2 aromatic rings. The molecule has 22 heavy (non-hydrogen) atoms. The molecule has 0 aromatic heterocycles. The standard InChI is InChI=1S/C19H19NO2/c21-19(11-10-15-6-2-1-3-7-15)20-14-18-17-9-5-4-8-16(17)12-13-22-18/h1-11,18H,12-14H2,(H,20,21)/b11-10+/t18-/m1/s1. The van der Waals surface area contributed by atoms with Crippen LogP contribution in [0.2, 0.25) is 0 Å². The average molecular weight is 293 g/mol. The summed E-state index contributed by atoms with van der Waals surface area (Å²) in [6.07, 6.45) is 4.25. The largest absolute Gasteiger partial charge is 0.371 e. The van der Waals surface area contributed by atoms with Crippen LogP contribution in [0.4, 0.5) is 0 Å². The lowest BCUT2D eigenvalue weighted by Gasteiger charge is -2.26. The summed E-state index contributed by atoms with van der Waals surface area (Å²) >= 11 is 0. The predicted octanol–water partition coefficient (Wildman–Crippen LogP) is 3.13. The molecule has 1 aliphatic rings. The highest BCUT2D eigenvalue weighted by atomic mass is 16.5. The first-order valence-electron chi connectivity index (χ1n) is 7.53. The first kappa shape index (κ1) is 14.5. The fourth-order valence-electron chi connectivity index (χ4n) is 2.63. The van der Waals surface area contributed by atoms with Crippen LogP contribution in [0.25, 0.3) is 6.08 Å². The molecule has 1 N–H and O–H groups in total. The van der Waals surface area contributed by atoms with Gasteiger partial charge in [-0.25, -0.2) is 0 Å². The van der Waals surface area contributed by atoms with E-state index in [1.165, 1.54) is 11.1 Å². The summed E-state index contributed by atoms with van der Waals surface area (Å²) in [5, 5.41) is 2.91. The predicted molar refractivity (Wildman–Crippen MR) is 87.3 cm³/mol. The lowest BCUT2D eigenvalue weighted by atomic mass is 9.97. The number of hydrogen-bond donors (Lipinski definition) is 1. The SMILES string of the molecule is O=C(/C=C/c1ccccc1)NC[C@H]1OCCc2ccccc21. The van der Waals surface area contributed by atoms with Crippen molar-refractivity contribution in [1.82, 2.24) is 5.32 Å². The van der Waals surface area contributed by atoms with E-state index in [9.17, 15) is 4.79 Å². The molecule has 1 atom stereocenters. The zero-order chi connectivity index (χ0) is 15.2. The summed E-state index contributed by atoms with van der Waals surface area (Å²) < 4.78 is 5.78. The maximum absolute atomic E-state index is 11.9. The van der Waals surface area contributed by atoms with Crippen LogP contribution in [0.15, 0.2) is 60.7 Å². The van der Waals surface area contributed by atoms with Gasteiger partial charge in [-0.05, 0) is 29.2 Å². The van der Waals surface area contributed by atoms with Crippen molar-refractivity contribution in [1.29, 1.82) is 0 Å². The second-order valence-electron chi connectivity index (χ2n) is 5.30. The Morgan fingerprint density at radius 3 is 2.77 bits per heavy atom. The van der Waals surface area contributed by atoms with E-state index in [1.807, 2.05) is 48.5 Å². The van der Waals surface area contributed by atoms with Crippen molar-refractivity contribution in [2.45, 2.75) is 12.5 Å². The Bertz CT molecular complexity index is 664. The third kappa shape index (κ3) is 3.62. The van der Waals surface area contributed by atoms with Crippen molar-refractivity contribution < 1.29 is 9.53 Å². The molecule has 3 rings (SSSR count). The molecule has 0 fully saturated rings. The zero-order valence-electron chi connectivity index (χ0n) is 12.4. The van der Waals surface area contributed by atoms with Gasteiger partial charge in [0.15, 0.2) is 0 Å². The first-order chi connectivity index (χ1) is 10.8. The molecule has 0 aliphatic carbocycles. The molecule has 0 saturated heterocycles. The van der Waals surface area contributed by atoms with Gasteiger partial charge in [0, 0.05) is 12.6 Å². The minimum absolute atomic E-state index is 0.0565. The minimum Gasteiger partial charge on any atom is -0.371 e. The van der Waals surface area contributed by atoms with Crippen LogP contribution in [0.3, 0.4) is 0 Å². The molecule has 112 valence electrons. The number of fused-ring (bicyclic) bond motifs is 1. The molecule has 2 aromatic carbocycles. The highest BCUT2D eigenvalue weighted by molar-refractivity contribution is 5.91.